The van der Waals surface area contributed by atoms with Gasteiger partial charge >= 0.3 is 6.30 Å². The van der Waals surface area contributed by atoms with Crippen molar-refractivity contribution in [2.45, 2.75) is 6.30 Å². The lowest BCUT2D eigenvalue weighted by atomic mass is 11.0. The fourth-order valence-corrected chi connectivity index (χ4v) is 0.347. The topological polar surface area (TPSA) is 30.7 Å². The summed E-state index contributed by atoms with van der Waals surface area (Å²) in [6.07, 6.45) is -2.55. The summed E-state index contributed by atoms with van der Waals surface area (Å²) < 4.78 is 34.4. The molecule has 1 aromatic heterocycles. The zero-order valence-electron chi connectivity index (χ0n) is 4.13. The minimum absolute atomic E-state index is 0.312. The Kier molecular flexibility index (Phi) is 1.15. The summed E-state index contributed by atoms with van der Waals surface area (Å²) in [6.45, 7) is 0. The average molecular weight is 137 g/mol. The highest BCUT2D eigenvalue weighted by molar-refractivity contribution is 4.60. The first-order valence-electron chi connectivity index (χ1n) is 2.04. The molecule has 1 aromatic rings. The van der Waals surface area contributed by atoms with E-state index in [9.17, 15) is 13.2 Å². The second-order valence-corrected chi connectivity index (χ2v) is 1.29. The molecule has 3 nitrogen and oxygen atoms in total. The van der Waals surface area contributed by atoms with Crippen molar-refractivity contribution in [2.24, 2.45) is 0 Å². The minimum atomic E-state index is -4.48. The summed E-state index contributed by atoms with van der Waals surface area (Å²) >= 11 is 0. The first-order valence-corrected chi connectivity index (χ1v) is 2.04. The smallest absolute Gasteiger partial charge is 0.154 e. The molecule has 6 heteroatoms. The Hall–Kier alpha value is -1.07. The number of hydrogen-bond donors (Lipinski definition) is 0. The van der Waals surface area contributed by atoms with Crippen molar-refractivity contribution < 1.29 is 13.2 Å². The third-order valence-corrected chi connectivity index (χ3v) is 0.646. The summed E-state index contributed by atoms with van der Waals surface area (Å²) in [7, 11) is 0. The summed E-state index contributed by atoms with van der Waals surface area (Å²) in [5.74, 6) is 0. The van der Waals surface area contributed by atoms with Crippen LogP contribution in [0.2, 0.25) is 0 Å². The Labute approximate surface area is 48.1 Å². The second kappa shape index (κ2) is 1.71. The molecule has 0 saturated carbocycles. The molecule has 1 rings (SSSR count). The van der Waals surface area contributed by atoms with Crippen LogP contribution in [0.4, 0.5) is 13.2 Å². The summed E-state index contributed by atoms with van der Waals surface area (Å²) in [4.78, 5) is -0.312. The molecule has 0 amide bonds. The lowest BCUT2D eigenvalue weighted by Crippen LogP contribution is -2.19. The van der Waals surface area contributed by atoms with Crippen LogP contribution in [0.15, 0.2) is 12.4 Å². The first kappa shape index (κ1) is 6.06. The fourth-order valence-electron chi connectivity index (χ4n) is 0.347. The van der Waals surface area contributed by atoms with Gasteiger partial charge in [0.25, 0.3) is 0 Å². The van der Waals surface area contributed by atoms with Crippen molar-refractivity contribution in [1.82, 2.24) is 15.0 Å². The van der Waals surface area contributed by atoms with Gasteiger partial charge in [0, 0.05) is 0 Å². The van der Waals surface area contributed by atoms with Gasteiger partial charge in [0.15, 0.2) is 0 Å². The van der Waals surface area contributed by atoms with Crippen LogP contribution in [-0.4, -0.2) is 15.0 Å². The van der Waals surface area contributed by atoms with E-state index < -0.39 is 6.30 Å². The highest BCUT2D eigenvalue weighted by atomic mass is 19.4. The van der Waals surface area contributed by atoms with Gasteiger partial charge in [-0.2, -0.15) is 10.2 Å². The van der Waals surface area contributed by atoms with Crippen LogP contribution in [-0.2, 0) is 6.30 Å². The van der Waals surface area contributed by atoms with Crippen LogP contribution in [0.5, 0.6) is 0 Å². The normalized spacial score (nSPS) is 11.9. The summed E-state index contributed by atoms with van der Waals surface area (Å²) in [6, 6.07) is 0. The van der Waals surface area contributed by atoms with Crippen LogP contribution in [0.3, 0.4) is 0 Å². The lowest BCUT2D eigenvalue weighted by Gasteiger charge is -2.00. The maximum Gasteiger partial charge on any atom is 0.521 e. The SMILES string of the molecule is FC(F)(F)n1nccn1. The Morgan fingerprint density at radius 1 is 1.11 bits per heavy atom. The van der Waals surface area contributed by atoms with Gasteiger partial charge in [-0.25, -0.2) is 0 Å². The van der Waals surface area contributed by atoms with Crippen molar-refractivity contribution >= 4 is 0 Å². The third kappa shape index (κ3) is 1.18. The molecule has 0 spiro atoms. The van der Waals surface area contributed by atoms with Gasteiger partial charge in [0.1, 0.15) is 0 Å². The molecule has 0 aromatic carbocycles. The van der Waals surface area contributed by atoms with Crippen LogP contribution in [0.1, 0.15) is 0 Å². The molecule has 1 heterocycles. The largest absolute Gasteiger partial charge is 0.521 e. The fraction of sp³-hybridized carbons (Fsp3) is 0.333. The molecule has 0 aliphatic carbocycles. The zero-order chi connectivity index (χ0) is 6.91. The van der Waals surface area contributed by atoms with Crippen LogP contribution in [0.25, 0.3) is 0 Å². The van der Waals surface area contributed by atoms with Crippen molar-refractivity contribution in [3.05, 3.63) is 12.4 Å². The first-order chi connectivity index (χ1) is 4.11. The molecule has 50 valence electrons. The Balaban J connectivity index is 2.90. The van der Waals surface area contributed by atoms with Crippen molar-refractivity contribution in [1.29, 1.82) is 0 Å². The molecular weight excluding hydrogens is 135 g/mol. The Bertz CT molecular complexity index is 177. The van der Waals surface area contributed by atoms with Gasteiger partial charge in [-0.1, -0.05) is 4.80 Å². The molecule has 0 N–H and O–H groups in total. The van der Waals surface area contributed by atoms with E-state index >= 15 is 0 Å². The van der Waals surface area contributed by atoms with E-state index in [1.807, 2.05) is 0 Å². The maximum atomic E-state index is 11.5. The number of alkyl halides is 3. The molecule has 0 aliphatic rings. The summed E-state index contributed by atoms with van der Waals surface area (Å²) in [5, 5.41) is 5.74. The number of aromatic nitrogens is 3. The highest BCUT2D eigenvalue weighted by Crippen LogP contribution is 2.17. The van der Waals surface area contributed by atoms with Gasteiger partial charge in [-0.05, 0) is 0 Å². The van der Waals surface area contributed by atoms with Crippen LogP contribution in [0, 0.1) is 0 Å². The molecule has 0 bridgehead atoms. The lowest BCUT2D eigenvalue weighted by molar-refractivity contribution is -0.221. The van der Waals surface area contributed by atoms with E-state index in [2.05, 4.69) is 10.2 Å². The molecule has 0 saturated heterocycles. The predicted molar refractivity (Wildman–Crippen MR) is 21.3 cm³/mol. The Morgan fingerprint density at radius 3 is 1.78 bits per heavy atom. The van der Waals surface area contributed by atoms with Crippen LogP contribution >= 0.6 is 0 Å². The van der Waals surface area contributed by atoms with E-state index in [-0.39, 0.29) is 4.80 Å². The van der Waals surface area contributed by atoms with Crippen LogP contribution < -0.4 is 0 Å². The molecular formula is C3H2F3N3. The number of nitrogens with zero attached hydrogens (tertiary/aromatic N) is 3. The molecule has 0 aliphatic heterocycles. The molecule has 0 radical (unpaired) electrons. The summed E-state index contributed by atoms with van der Waals surface area (Å²) in [5.41, 5.74) is 0. The van der Waals surface area contributed by atoms with Crippen molar-refractivity contribution in [3.8, 4) is 0 Å². The predicted octanol–water partition coefficient (Wildman–Crippen LogP) is 0.754. The van der Waals surface area contributed by atoms with Gasteiger partial charge < -0.3 is 0 Å². The van der Waals surface area contributed by atoms with Gasteiger partial charge in [-0.3, -0.25) is 0 Å². The van der Waals surface area contributed by atoms with E-state index in [0.717, 1.165) is 12.4 Å². The van der Waals surface area contributed by atoms with Crippen molar-refractivity contribution in [2.75, 3.05) is 0 Å². The number of hydrogen-bond acceptors (Lipinski definition) is 2. The van der Waals surface area contributed by atoms with E-state index in [0.29, 0.717) is 0 Å². The minimum Gasteiger partial charge on any atom is -0.154 e. The maximum absolute atomic E-state index is 11.5. The molecule has 9 heavy (non-hydrogen) atoms. The average Bonchev–Trinajstić information content (AvgIpc) is 2.08. The Morgan fingerprint density at radius 2 is 1.56 bits per heavy atom. The number of halogens is 3. The molecule has 0 fully saturated rings. The molecule has 0 unspecified atom stereocenters. The van der Waals surface area contributed by atoms with E-state index in [1.165, 1.54) is 0 Å². The third-order valence-electron chi connectivity index (χ3n) is 0.646. The zero-order valence-corrected chi connectivity index (χ0v) is 4.13. The van der Waals surface area contributed by atoms with Gasteiger partial charge in [-0.15, -0.1) is 13.2 Å². The standard InChI is InChI=1S/C3H2F3N3/c4-3(5,6)9-7-1-2-8-9/h1-2H. The second-order valence-electron chi connectivity index (χ2n) is 1.29. The van der Waals surface area contributed by atoms with Crippen molar-refractivity contribution in [3.63, 3.8) is 0 Å². The van der Waals surface area contributed by atoms with Gasteiger partial charge in [0.05, 0.1) is 12.4 Å². The quantitative estimate of drug-likeness (QED) is 0.528. The van der Waals surface area contributed by atoms with E-state index in [4.69, 9.17) is 0 Å². The van der Waals surface area contributed by atoms with E-state index in [1.54, 1.807) is 0 Å². The number of rotatable bonds is 0. The highest BCUT2D eigenvalue weighted by Gasteiger charge is 2.32. The monoisotopic (exact) mass is 137 g/mol. The molecule has 0 atom stereocenters. The van der Waals surface area contributed by atoms with Gasteiger partial charge in [0.2, 0.25) is 0 Å².